The molecular weight excluding hydrogens is 402 g/mol. The number of nitrogens with two attached hydrogens (primary N) is 1. The minimum Gasteiger partial charge on any atom is -0.368 e. The molecule has 1 heterocycles. The summed E-state index contributed by atoms with van der Waals surface area (Å²) in [6.07, 6.45) is 3.62. The third-order valence-corrected chi connectivity index (χ3v) is 5.11. The number of rotatable bonds is 8. The van der Waals surface area contributed by atoms with Gasteiger partial charge in [-0.1, -0.05) is 54.6 Å². The number of primary amides is 1. The molecule has 1 atom stereocenters. The highest BCUT2D eigenvalue weighted by atomic mass is 16.2. The molecule has 7 nitrogen and oxygen atoms in total. The van der Waals surface area contributed by atoms with Crippen LogP contribution in [0.5, 0.6) is 0 Å². The molecule has 0 spiro atoms. The lowest BCUT2D eigenvalue weighted by molar-refractivity contribution is -0.119. The molecule has 0 saturated carbocycles. The average molecular weight is 425 g/mol. The summed E-state index contributed by atoms with van der Waals surface area (Å²) in [7, 11) is 0. The maximum Gasteiger partial charge on any atom is 0.251 e. The fourth-order valence-corrected chi connectivity index (χ4v) is 3.46. The highest BCUT2D eigenvalue weighted by Gasteiger charge is 2.20. The number of carbonyl (C=O) groups excluding carboxylic acids is 2. The van der Waals surface area contributed by atoms with E-state index < -0.39 is 11.9 Å². The highest BCUT2D eigenvalue weighted by Crippen LogP contribution is 2.17. The molecule has 0 radical (unpaired) electrons. The van der Waals surface area contributed by atoms with E-state index in [4.69, 9.17) is 5.73 Å². The van der Waals surface area contributed by atoms with Crippen LogP contribution in [0.3, 0.4) is 0 Å². The molecule has 2 amide bonds. The van der Waals surface area contributed by atoms with Crippen LogP contribution in [0.15, 0.2) is 85.2 Å². The molecule has 0 aliphatic rings. The Kier molecular flexibility index (Phi) is 6.36. The van der Waals surface area contributed by atoms with E-state index >= 15 is 0 Å². The van der Waals surface area contributed by atoms with E-state index in [1.54, 1.807) is 36.7 Å². The lowest BCUT2D eigenvalue weighted by atomic mass is 10.0. The van der Waals surface area contributed by atoms with Crippen LogP contribution >= 0.6 is 0 Å². The summed E-state index contributed by atoms with van der Waals surface area (Å²) < 4.78 is 0. The zero-order chi connectivity index (χ0) is 22.3. The van der Waals surface area contributed by atoms with E-state index in [0.717, 1.165) is 21.9 Å². The lowest BCUT2D eigenvalue weighted by Gasteiger charge is -2.16. The van der Waals surface area contributed by atoms with Gasteiger partial charge in [-0.2, -0.15) is 0 Å². The molecule has 4 aromatic rings. The third-order valence-electron chi connectivity index (χ3n) is 5.11. The summed E-state index contributed by atoms with van der Waals surface area (Å²) >= 11 is 0. The monoisotopic (exact) mass is 425 g/mol. The number of hydrogen-bond donors (Lipinski definition) is 3. The van der Waals surface area contributed by atoms with E-state index in [2.05, 4.69) is 20.6 Å². The molecule has 7 heteroatoms. The summed E-state index contributed by atoms with van der Waals surface area (Å²) in [4.78, 5) is 33.1. The second-order valence-corrected chi connectivity index (χ2v) is 7.44. The van der Waals surface area contributed by atoms with E-state index in [-0.39, 0.29) is 5.91 Å². The van der Waals surface area contributed by atoms with Gasteiger partial charge in [0.15, 0.2) is 0 Å². The highest BCUT2D eigenvalue weighted by molar-refractivity contribution is 5.97. The zero-order valence-electron chi connectivity index (χ0n) is 17.4. The Morgan fingerprint density at radius 1 is 0.844 bits per heavy atom. The first-order valence-electron chi connectivity index (χ1n) is 10.3. The number of nitrogens with zero attached hydrogens (tertiary/aromatic N) is 2. The van der Waals surface area contributed by atoms with Crippen molar-refractivity contribution in [1.82, 2.24) is 15.3 Å². The lowest BCUT2D eigenvalue weighted by Crippen LogP contribution is -2.45. The van der Waals surface area contributed by atoms with Crippen LogP contribution in [0, 0.1) is 0 Å². The topological polar surface area (TPSA) is 110 Å². The summed E-state index contributed by atoms with van der Waals surface area (Å²) in [6, 6.07) is 22.0. The maximum absolute atomic E-state index is 12.8. The molecule has 0 fully saturated rings. The molecule has 0 saturated heterocycles. The van der Waals surface area contributed by atoms with E-state index in [1.165, 1.54) is 0 Å². The van der Waals surface area contributed by atoms with Gasteiger partial charge in [0.1, 0.15) is 6.04 Å². The number of nitrogens with one attached hydrogen (secondary N) is 2. The van der Waals surface area contributed by atoms with Gasteiger partial charge in [0.05, 0.1) is 0 Å². The Hall–Kier alpha value is -4.26. The quantitative estimate of drug-likeness (QED) is 0.402. The van der Waals surface area contributed by atoms with Gasteiger partial charge in [-0.05, 0) is 40.1 Å². The number of anilines is 1. The Bertz CT molecular complexity index is 1240. The molecule has 3 aromatic carbocycles. The largest absolute Gasteiger partial charge is 0.368 e. The van der Waals surface area contributed by atoms with E-state index in [1.807, 2.05) is 48.5 Å². The Balaban J connectivity index is 1.43. The van der Waals surface area contributed by atoms with Crippen molar-refractivity contribution < 1.29 is 9.59 Å². The maximum atomic E-state index is 12.8. The molecule has 0 bridgehead atoms. The Morgan fingerprint density at radius 3 is 2.41 bits per heavy atom. The van der Waals surface area contributed by atoms with Crippen molar-refractivity contribution in [3.8, 4) is 0 Å². The molecule has 0 aliphatic carbocycles. The van der Waals surface area contributed by atoms with Crippen LogP contribution in [0.1, 0.15) is 21.5 Å². The van der Waals surface area contributed by atoms with Crippen LogP contribution in [-0.4, -0.2) is 27.8 Å². The standard InChI is InChI=1S/C25H23N5O2/c26-23(31)22(15-17-9-10-19-6-1-2-7-20(19)13-17)30-24(32)21-8-3-5-18(14-21)16-29-25-27-11-4-12-28-25/h1-14,22H,15-16H2,(H2,26,31)(H,30,32)(H,27,28,29)/t22-/m0/s1. The molecule has 32 heavy (non-hydrogen) atoms. The molecule has 1 aromatic heterocycles. The van der Waals surface area contributed by atoms with Gasteiger partial charge in [0.25, 0.3) is 5.91 Å². The number of benzene rings is 3. The molecule has 4 rings (SSSR count). The van der Waals surface area contributed by atoms with Crippen molar-refractivity contribution in [3.63, 3.8) is 0 Å². The fraction of sp³-hybridized carbons (Fsp3) is 0.120. The predicted molar refractivity (Wildman–Crippen MR) is 124 cm³/mol. The van der Waals surface area contributed by atoms with Crippen LogP contribution in [0.2, 0.25) is 0 Å². The molecule has 160 valence electrons. The summed E-state index contributed by atoms with van der Waals surface area (Å²) in [6.45, 7) is 0.460. The van der Waals surface area contributed by atoms with Crippen LogP contribution in [0.25, 0.3) is 10.8 Å². The molecule has 0 unspecified atom stereocenters. The SMILES string of the molecule is NC(=O)[C@H](Cc1ccc2ccccc2c1)NC(=O)c1cccc(CNc2ncccn2)c1. The van der Waals surface area contributed by atoms with Crippen LogP contribution in [-0.2, 0) is 17.8 Å². The summed E-state index contributed by atoms with van der Waals surface area (Å²) in [5.41, 5.74) is 7.84. The Labute approximate surface area is 185 Å². The van der Waals surface area contributed by atoms with Crippen molar-refractivity contribution in [2.45, 2.75) is 19.0 Å². The van der Waals surface area contributed by atoms with Gasteiger partial charge < -0.3 is 16.4 Å². The van der Waals surface area contributed by atoms with Crippen molar-refractivity contribution in [3.05, 3.63) is 102 Å². The second kappa shape index (κ2) is 9.70. The number of aromatic nitrogens is 2. The van der Waals surface area contributed by atoms with Gasteiger partial charge in [0, 0.05) is 30.9 Å². The first-order chi connectivity index (χ1) is 15.6. The van der Waals surface area contributed by atoms with Gasteiger partial charge in [-0.3, -0.25) is 9.59 Å². The van der Waals surface area contributed by atoms with Crippen molar-refractivity contribution in [2.75, 3.05) is 5.32 Å². The first kappa shape index (κ1) is 21.0. The minimum absolute atomic E-state index is 0.318. The second-order valence-electron chi connectivity index (χ2n) is 7.44. The minimum atomic E-state index is -0.817. The number of fused-ring (bicyclic) bond motifs is 1. The normalized spacial score (nSPS) is 11.6. The van der Waals surface area contributed by atoms with Crippen molar-refractivity contribution in [2.24, 2.45) is 5.73 Å². The van der Waals surface area contributed by atoms with Gasteiger partial charge >= 0.3 is 0 Å². The first-order valence-corrected chi connectivity index (χ1v) is 10.3. The van der Waals surface area contributed by atoms with E-state index in [9.17, 15) is 9.59 Å². The summed E-state index contributed by atoms with van der Waals surface area (Å²) in [5, 5.41) is 8.06. The van der Waals surface area contributed by atoms with Gasteiger partial charge in [-0.15, -0.1) is 0 Å². The van der Waals surface area contributed by atoms with Crippen molar-refractivity contribution in [1.29, 1.82) is 0 Å². The zero-order valence-corrected chi connectivity index (χ0v) is 17.4. The number of carbonyl (C=O) groups is 2. The third kappa shape index (κ3) is 5.26. The van der Waals surface area contributed by atoms with Gasteiger partial charge in [-0.25, -0.2) is 9.97 Å². The number of hydrogen-bond acceptors (Lipinski definition) is 5. The molecule has 0 aliphatic heterocycles. The number of amides is 2. The average Bonchev–Trinajstić information content (AvgIpc) is 2.83. The Morgan fingerprint density at radius 2 is 1.62 bits per heavy atom. The predicted octanol–water partition coefficient (Wildman–Crippen LogP) is 3.07. The van der Waals surface area contributed by atoms with Crippen molar-refractivity contribution >= 4 is 28.5 Å². The smallest absolute Gasteiger partial charge is 0.251 e. The van der Waals surface area contributed by atoms with Crippen LogP contribution in [0.4, 0.5) is 5.95 Å². The summed E-state index contributed by atoms with van der Waals surface area (Å²) in [5.74, 6) is -0.426. The molecular formula is C25H23N5O2. The van der Waals surface area contributed by atoms with E-state index in [0.29, 0.717) is 24.5 Å². The fourth-order valence-electron chi connectivity index (χ4n) is 3.46. The molecule has 4 N–H and O–H groups in total. The van der Waals surface area contributed by atoms with Gasteiger partial charge in [0.2, 0.25) is 11.9 Å². The van der Waals surface area contributed by atoms with Crippen LogP contribution < -0.4 is 16.4 Å².